The highest BCUT2D eigenvalue weighted by atomic mass is 16.5. The van der Waals surface area contributed by atoms with Crippen molar-refractivity contribution < 1.29 is 33.4 Å². The molecule has 0 aromatic heterocycles. The quantitative estimate of drug-likeness (QED) is 0.423. The highest BCUT2D eigenvalue weighted by molar-refractivity contribution is 6.01. The van der Waals surface area contributed by atoms with Crippen LogP contribution in [0.1, 0.15) is 42.6 Å². The van der Waals surface area contributed by atoms with E-state index in [0.29, 0.717) is 43.2 Å². The lowest BCUT2D eigenvalue weighted by Crippen LogP contribution is -2.52. The fraction of sp³-hybridized carbons (Fsp3) is 0.448. The lowest BCUT2D eigenvalue weighted by Gasteiger charge is -2.25. The van der Waals surface area contributed by atoms with Gasteiger partial charge in [0.25, 0.3) is 5.91 Å². The predicted octanol–water partition coefficient (Wildman–Crippen LogP) is 1.69. The van der Waals surface area contributed by atoms with Gasteiger partial charge in [-0.25, -0.2) is 0 Å². The van der Waals surface area contributed by atoms with Crippen molar-refractivity contribution in [2.75, 3.05) is 40.5 Å². The average molecular weight is 555 g/mol. The molecule has 0 aliphatic carbocycles. The average Bonchev–Trinajstić information content (AvgIpc) is 2.94. The number of ether oxygens (including phenoxy) is 3. The number of hydrogen-bond donors (Lipinski definition) is 3. The maximum Gasteiger partial charge on any atom is 0.255 e. The molecule has 0 fully saturated rings. The minimum absolute atomic E-state index is 0.150. The summed E-state index contributed by atoms with van der Waals surface area (Å²) in [7, 11) is 3.19. The van der Waals surface area contributed by atoms with Gasteiger partial charge in [-0.2, -0.15) is 0 Å². The molecule has 40 heavy (non-hydrogen) atoms. The zero-order valence-corrected chi connectivity index (χ0v) is 23.5. The van der Waals surface area contributed by atoms with Crippen LogP contribution in [-0.4, -0.2) is 81.1 Å². The van der Waals surface area contributed by atoms with Crippen LogP contribution in [0, 0.1) is 0 Å². The first-order valence-corrected chi connectivity index (χ1v) is 13.4. The van der Waals surface area contributed by atoms with Crippen LogP contribution in [0.5, 0.6) is 17.2 Å². The number of amides is 4. The molecule has 1 heterocycles. The number of hydrogen-bond acceptors (Lipinski definition) is 7. The van der Waals surface area contributed by atoms with E-state index in [-0.39, 0.29) is 31.0 Å². The van der Waals surface area contributed by atoms with E-state index < -0.39 is 29.8 Å². The fourth-order valence-electron chi connectivity index (χ4n) is 4.28. The zero-order valence-electron chi connectivity index (χ0n) is 23.5. The number of likely N-dealkylation sites (N-methyl/N-ethyl adjacent to an activating group) is 1. The van der Waals surface area contributed by atoms with Gasteiger partial charge in [-0.3, -0.25) is 19.2 Å². The molecular weight excluding hydrogens is 516 g/mol. The molecule has 11 nitrogen and oxygen atoms in total. The Bertz CT molecular complexity index is 1200. The maximum atomic E-state index is 13.1. The van der Waals surface area contributed by atoms with E-state index in [1.54, 1.807) is 45.3 Å². The lowest BCUT2D eigenvalue weighted by molar-refractivity contribution is -0.135. The van der Waals surface area contributed by atoms with Crippen molar-refractivity contribution in [2.24, 2.45) is 0 Å². The van der Waals surface area contributed by atoms with Gasteiger partial charge in [-0.1, -0.05) is 18.2 Å². The van der Waals surface area contributed by atoms with Gasteiger partial charge in [0.15, 0.2) is 11.5 Å². The molecule has 11 heteroatoms. The molecule has 3 N–H and O–H groups in total. The van der Waals surface area contributed by atoms with E-state index in [2.05, 4.69) is 16.0 Å². The molecule has 4 amide bonds. The summed E-state index contributed by atoms with van der Waals surface area (Å²) >= 11 is 0. The minimum Gasteiger partial charge on any atom is -0.493 e. The number of methoxy groups -OCH3 is 1. The zero-order chi connectivity index (χ0) is 29.1. The second kappa shape index (κ2) is 14.8. The van der Waals surface area contributed by atoms with Crippen LogP contribution < -0.4 is 30.2 Å². The molecule has 1 aliphatic rings. The van der Waals surface area contributed by atoms with Crippen molar-refractivity contribution in [3.8, 4) is 17.2 Å². The Kier molecular flexibility index (Phi) is 11.2. The molecular formula is C29H38N4O7. The van der Waals surface area contributed by atoms with Crippen LogP contribution in [0.3, 0.4) is 0 Å². The van der Waals surface area contributed by atoms with Gasteiger partial charge in [0.05, 0.1) is 32.2 Å². The van der Waals surface area contributed by atoms with Crippen molar-refractivity contribution >= 4 is 23.6 Å². The Hall–Kier alpha value is -4.28. The summed E-state index contributed by atoms with van der Waals surface area (Å²) in [5.74, 6) is -0.246. The molecule has 2 aromatic carbocycles. The molecule has 0 radical (unpaired) electrons. The lowest BCUT2D eigenvalue weighted by atomic mass is 10.1. The standard InChI is InChI=1S/C29H38N4O7/c1-5-39-24-13-12-20(17-25(24)38-4)9-8-14-30-28(36)22-18-26(34)31-19(2)29(37)33(3)15-16-40-23-11-7-6-10-21(23)27(35)32-22/h6-7,10-13,17,19,22H,5,8-9,14-16,18H2,1-4H3,(H,30,36)(H,31,34)(H,32,35)/t19-,22-/m0/s1. The first-order valence-electron chi connectivity index (χ1n) is 13.4. The molecule has 1 aliphatic heterocycles. The van der Waals surface area contributed by atoms with Gasteiger partial charge in [0.2, 0.25) is 17.7 Å². The molecule has 0 spiro atoms. The number of nitrogens with zero attached hydrogens (tertiary/aromatic N) is 1. The normalized spacial score (nSPS) is 18.4. The third-order valence-corrected chi connectivity index (χ3v) is 6.42. The first kappa shape index (κ1) is 30.3. The highest BCUT2D eigenvalue weighted by Crippen LogP contribution is 2.28. The van der Waals surface area contributed by atoms with Gasteiger partial charge in [0, 0.05) is 13.6 Å². The van der Waals surface area contributed by atoms with Gasteiger partial charge in [0.1, 0.15) is 24.4 Å². The van der Waals surface area contributed by atoms with E-state index in [0.717, 1.165) is 5.56 Å². The summed E-state index contributed by atoms with van der Waals surface area (Å²) in [6.07, 6.45) is 0.945. The number of fused-ring (bicyclic) bond motifs is 1. The van der Waals surface area contributed by atoms with Crippen LogP contribution in [0.2, 0.25) is 0 Å². The van der Waals surface area contributed by atoms with Crippen molar-refractivity contribution in [1.82, 2.24) is 20.9 Å². The molecule has 2 atom stereocenters. The van der Waals surface area contributed by atoms with Gasteiger partial charge < -0.3 is 35.1 Å². The number of aryl methyl sites for hydroxylation is 1. The van der Waals surface area contributed by atoms with Crippen LogP contribution in [0.25, 0.3) is 0 Å². The molecule has 216 valence electrons. The number of para-hydroxylation sites is 1. The van der Waals surface area contributed by atoms with E-state index in [9.17, 15) is 19.2 Å². The number of benzene rings is 2. The van der Waals surface area contributed by atoms with E-state index in [4.69, 9.17) is 14.2 Å². The Labute approximate surface area is 234 Å². The van der Waals surface area contributed by atoms with Crippen molar-refractivity contribution in [3.63, 3.8) is 0 Å². The number of carbonyl (C=O) groups is 4. The molecule has 0 bridgehead atoms. The second-order valence-electron chi connectivity index (χ2n) is 9.44. The Morgan fingerprint density at radius 1 is 1.12 bits per heavy atom. The summed E-state index contributed by atoms with van der Waals surface area (Å²) in [4.78, 5) is 53.1. The Morgan fingerprint density at radius 3 is 2.65 bits per heavy atom. The Morgan fingerprint density at radius 2 is 1.90 bits per heavy atom. The van der Waals surface area contributed by atoms with E-state index >= 15 is 0 Å². The van der Waals surface area contributed by atoms with Crippen LogP contribution in [0.4, 0.5) is 0 Å². The van der Waals surface area contributed by atoms with Crippen molar-refractivity contribution in [1.29, 1.82) is 0 Å². The number of nitrogens with one attached hydrogen (secondary N) is 3. The van der Waals surface area contributed by atoms with Crippen LogP contribution in [-0.2, 0) is 20.8 Å². The van der Waals surface area contributed by atoms with Crippen molar-refractivity contribution in [2.45, 2.75) is 45.2 Å². The monoisotopic (exact) mass is 554 g/mol. The molecule has 3 rings (SSSR count). The predicted molar refractivity (Wildman–Crippen MR) is 149 cm³/mol. The molecule has 2 aromatic rings. The first-order chi connectivity index (χ1) is 19.2. The summed E-state index contributed by atoms with van der Waals surface area (Å²) in [5.41, 5.74) is 1.24. The summed E-state index contributed by atoms with van der Waals surface area (Å²) in [5, 5.41) is 8.10. The smallest absolute Gasteiger partial charge is 0.255 e. The van der Waals surface area contributed by atoms with Crippen LogP contribution in [0.15, 0.2) is 42.5 Å². The maximum absolute atomic E-state index is 13.1. The van der Waals surface area contributed by atoms with Gasteiger partial charge >= 0.3 is 0 Å². The largest absolute Gasteiger partial charge is 0.493 e. The number of carbonyl (C=O) groups excluding carboxylic acids is 4. The third kappa shape index (κ3) is 8.36. The summed E-state index contributed by atoms with van der Waals surface area (Å²) < 4.78 is 16.7. The molecule has 0 saturated heterocycles. The van der Waals surface area contributed by atoms with E-state index in [1.807, 2.05) is 25.1 Å². The second-order valence-corrected chi connectivity index (χ2v) is 9.44. The highest BCUT2D eigenvalue weighted by Gasteiger charge is 2.28. The van der Waals surface area contributed by atoms with Gasteiger partial charge in [-0.05, 0) is 56.5 Å². The third-order valence-electron chi connectivity index (χ3n) is 6.42. The van der Waals surface area contributed by atoms with E-state index in [1.165, 1.54) is 4.90 Å². The summed E-state index contributed by atoms with van der Waals surface area (Å²) in [6, 6.07) is 10.4. The van der Waals surface area contributed by atoms with Gasteiger partial charge in [-0.15, -0.1) is 0 Å². The SMILES string of the molecule is CCOc1ccc(CCCNC(=O)[C@@H]2CC(=O)N[C@@H](C)C(=O)N(C)CCOc3ccccc3C(=O)N2)cc1OC. The molecule has 0 unspecified atom stereocenters. The number of rotatable bonds is 8. The fourth-order valence-corrected chi connectivity index (χ4v) is 4.28. The Balaban J connectivity index is 1.69. The molecule has 0 saturated carbocycles. The minimum atomic E-state index is -1.16. The summed E-state index contributed by atoms with van der Waals surface area (Å²) in [6.45, 7) is 4.74. The topological polar surface area (TPSA) is 135 Å². The van der Waals surface area contributed by atoms with Crippen molar-refractivity contribution in [3.05, 3.63) is 53.6 Å². The van der Waals surface area contributed by atoms with Crippen LogP contribution >= 0.6 is 0 Å².